The smallest absolute Gasteiger partial charge is 0.00671 e. The predicted molar refractivity (Wildman–Crippen MR) is 85.4 cm³/mol. The molecule has 0 saturated carbocycles. The van der Waals surface area contributed by atoms with Crippen LogP contribution in [-0.2, 0) is 0 Å². The summed E-state index contributed by atoms with van der Waals surface area (Å²) in [5, 5.41) is 0. The minimum absolute atomic E-state index is 0.755. The van der Waals surface area contributed by atoms with Gasteiger partial charge in [0.05, 0.1) is 0 Å². The van der Waals surface area contributed by atoms with Crippen molar-refractivity contribution < 1.29 is 0 Å². The van der Waals surface area contributed by atoms with Crippen LogP contribution < -0.4 is 5.73 Å². The molecule has 0 radical (unpaired) electrons. The average Bonchev–Trinajstić information content (AvgIpc) is 2.43. The van der Waals surface area contributed by atoms with Gasteiger partial charge in [0.1, 0.15) is 0 Å². The molecule has 19 heavy (non-hydrogen) atoms. The van der Waals surface area contributed by atoms with Crippen LogP contribution in [-0.4, -0.2) is 30.6 Å². The van der Waals surface area contributed by atoms with E-state index in [0.717, 1.165) is 18.5 Å². The highest BCUT2D eigenvalue weighted by molar-refractivity contribution is 4.79. The predicted octanol–water partition coefficient (Wildman–Crippen LogP) is 4.19. The average molecular weight is 268 g/mol. The van der Waals surface area contributed by atoms with Gasteiger partial charge in [-0.3, -0.25) is 0 Å². The zero-order valence-corrected chi connectivity index (χ0v) is 13.4. The molecule has 1 saturated heterocycles. The van der Waals surface area contributed by atoms with Crippen molar-refractivity contribution in [3.05, 3.63) is 0 Å². The van der Waals surface area contributed by atoms with Crippen LogP contribution in [0.5, 0.6) is 0 Å². The summed E-state index contributed by atoms with van der Waals surface area (Å²) in [4.78, 5) is 2.68. The van der Waals surface area contributed by atoms with E-state index in [1.165, 1.54) is 77.3 Å². The molecule has 2 nitrogen and oxygen atoms in total. The van der Waals surface area contributed by atoms with Crippen molar-refractivity contribution in [2.24, 2.45) is 11.7 Å². The number of likely N-dealkylation sites (tertiary alicyclic amines) is 1. The second-order valence-electron chi connectivity index (χ2n) is 6.50. The lowest BCUT2D eigenvalue weighted by Gasteiger charge is -2.37. The Morgan fingerprint density at radius 2 is 1.58 bits per heavy atom. The number of hydrogen-bond acceptors (Lipinski definition) is 2. The van der Waals surface area contributed by atoms with E-state index in [-0.39, 0.29) is 0 Å². The first-order chi connectivity index (χ1) is 9.27. The molecule has 0 bridgehead atoms. The summed E-state index contributed by atoms with van der Waals surface area (Å²) in [5.74, 6) is 0.755. The summed E-state index contributed by atoms with van der Waals surface area (Å²) in [6.07, 6.45) is 14.0. The van der Waals surface area contributed by atoms with Gasteiger partial charge in [-0.05, 0) is 45.2 Å². The highest BCUT2D eigenvalue weighted by atomic mass is 15.2. The van der Waals surface area contributed by atoms with Gasteiger partial charge in [0.2, 0.25) is 0 Å². The van der Waals surface area contributed by atoms with Crippen molar-refractivity contribution in [3.8, 4) is 0 Å². The van der Waals surface area contributed by atoms with E-state index < -0.39 is 0 Å². The van der Waals surface area contributed by atoms with E-state index in [0.29, 0.717) is 0 Å². The first-order valence-electron chi connectivity index (χ1n) is 8.72. The molecule has 114 valence electrons. The fourth-order valence-corrected chi connectivity index (χ4v) is 3.22. The van der Waals surface area contributed by atoms with Gasteiger partial charge in [-0.25, -0.2) is 0 Å². The van der Waals surface area contributed by atoms with Gasteiger partial charge in [0, 0.05) is 12.6 Å². The lowest BCUT2D eigenvalue weighted by atomic mass is 9.93. The molecule has 1 aliphatic heterocycles. The lowest BCUT2D eigenvalue weighted by Crippen LogP contribution is -2.44. The van der Waals surface area contributed by atoms with Crippen LogP contribution in [0, 0.1) is 5.92 Å². The first kappa shape index (κ1) is 17.0. The maximum Gasteiger partial charge on any atom is 0.00671 e. The van der Waals surface area contributed by atoms with Crippen molar-refractivity contribution in [2.45, 2.75) is 84.1 Å². The molecule has 0 spiro atoms. The molecule has 0 aromatic carbocycles. The molecule has 2 unspecified atom stereocenters. The monoisotopic (exact) mass is 268 g/mol. The maximum absolute atomic E-state index is 5.82. The Balaban J connectivity index is 1.98. The van der Waals surface area contributed by atoms with Crippen LogP contribution in [0.25, 0.3) is 0 Å². The number of nitrogens with two attached hydrogens (primary N) is 1. The van der Waals surface area contributed by atoms with Gasteiger partial charge in [-0.2, -0.15) is 0 Å². The zero-order valence-electron chi connectivity index (χ0n) is 13.4. The summed E-state index contributed by atoms with van der Waals surface area (Å²) in [6, 6.07) is 0.785. The van der Waals surface area contributed by atoms with Crippen molar-refractivity contribution in [1.29, 1.82) is 0 Å². The molecule has 2 heteroatoms. The van der Waals surface area contributed by atoms with Gasteiger partial charge in [-0.15, -0.1) is 0 Å². The van der Waals surface area contributed by atoms with Crippen LogP contribution in [0.4, 0.5) is 0 Å². The Labute approximate surface area is 121 Å². The molecule has 0 aromatic heterocycles. The molecule has 1 heterocycles. The zero-order chi connectivity index (χ0) is 13.9. The molecule has 1 aliphatic rings. The number of piperidine rings is 1. The SMILES string of the molecule is CCCCCCCCCCN1CC(CN)CCC1C. The van der Waals surface area contributed by atoms with Gasteiger partial charge in [0.15, 0.2) is 0 Å². The summed E-state index contributed by atoms with van der Waals surface area (Å²) in [6.45, 7) is 8.09. The Bertz CT molecular complexity index is 205. The largest absolute Gasteiger partial charge is 0.330 e. The van der Waals surface area contributed by atoms with E-state index >= 15 is 0 Å². The standard InChI is InChI=1S/C17H36N2/c1-3-4-5-6-7-8-9-10-13-19-15-17(14-18)12-11-16(19)2/h16-17H,3-15,18H2,1-2H3. The lowest BCUT2D eigenvalue weighted by molar-refractivity contribution is 0.118. The quantitative estimate of drug-likeness (QED) is 0.602. The highest BCUT2D eigenvalue weighted by Gasteiger charge is 2.23. The molecule has 0 aromatic rings. The van der Waals surface area contributed by atoms with Crippen LogP contribution in [0.2, 0.25) is 0 Å². The third-order valence-electron chi connectivity index (χ3n) is 4.74. The normalized spacial score (nSPS) is 24.8. The highest BCUT2D eigenvalue weighted by Crippen LogP contribution is 2.21. The number of rotatable bonds is 10. The van der Waals surface area contributed by atoms with Crippen molar-refractivity contribution >= 4 is 0 Å². The van der Waals surface area contributed by atoms with Gasteiger partial charge < -0.3 is 10.6 Å². The number of unbranched alkanes of at least 4 members (excludes halogenated alkanes) is 7. The topological polar surface area (TPSA) is 29.3 Å². The van der Waals surface area contributed by atoms with Gasteiger partial charge in [-0.1, -0.05) is 51.9 Å². The molecule has 2 atom stereocenters. The van der Waals surface area contributed by atoms with Crippen LogP contribution in [0.3, 0.4) is 0 Å². The van der Waals surface area contributed by atoms with E-state index in [4.69, 9.17) is 5.73 Å². The third-order valence-corrected chi connectivity index (χ3v) is 4.74. The second kappa shape index (κ2) is 10.7. The minimum atomic E-state index is 0.755. The molecule has 0 amide bonds. The third kappa shape index (κ3) is 7.31. The molecule has 1 rings (SSSR count). The van der Waals surface area contributed by atoms with Crippen LogP contribution in [0.1, 0.15) is 78.1 Å². The fourth-order valence-electron chi connectivity index (χ4n) is 3.22. The molecular formula is C17H36N2. The van der Waals surface area contributed by atoms with Crippen LogP contribution >= 0.6 is 0 Å². The first-order valence-corrected chi connectivity index (χ1v) is 8.72. The van der Waals surface area contributed by atoms with Crippen LogP contribution in [0.15, 0.2) is 0 Å². The van der Waals surface area contributed by atoms with E-state index in [2.05, 4.69) is 18.7 Å². The summed E-state index contributed by atoms with van der Waals surface area (Å²) >= 11 is 0. The Morgan fingerprint density at radius 3 is 2.21 bits per heavy atom. The molecule has 1 fully saturated rings. The Morgan fingerprint density at radius 1 is 0.947 bits per heavy atom. The van der Waals surface area contributed by atoms with Crippen molar-refractivity contribution in [1.82, 2.24) is 4.90 Å². The summed E-state index contributed by atoms with van der Waals surface area (Å²) in [7, 11) is 0. The van der Waals surface area contributed by atoms with E-state index in [1.54, 1.807) is 0 Å². The molecule has 0 aliphatic carbocycles. The Hall–Kier alpha value is -0.0800. The van der Waals surface area contributed by atoms with Gasteiger partial charge in [0.25, 0.3) is 0 Å². The maximum atomic E-state index is 5.82. The summed E-state index contributed by atoms with van der Waals surface area (Å²) < 4.78 is 0. The Kier molecular flexibility index (Phi) is 9.54. The van der Waals surface area contributed by atoms with Crippen molar-refractivity contribution in [2.75, 3.05) is 19.6 Å². The molecular weight excluding hydrogens is 232 g/mol. The van der Waals surface area contributed by atoms with E-state index in [1.807, 2.05) is 0 Å². The van der Waals surface area contributed by atoms with Gasteiger partial charge >= 0.3 is 0 Å². The minimum Gasteiger partial charge on any atom is -0.330 e. The summed E-state index contributed by atoms with van der Waals surface area (Å²) in [5.41, 5.74) is 5.82. The van der Waals surface area contributed by atoms with Crippen molar-refractivity contribution in [3.63, 3.8) is 0 Å². The van der Waals surface area contributed by atoms with E-state index in [9.17, 15) is 0 Å². The second-order valence-corrected chi connectivity index (χ2v) is 6.50. The number of nitrogens with zero attached hydrogens (tertiary/aromatic N) is 1. The fraction of sp³-hybridized carbons (Fsp3) is 1.00. The molecule has 2 N–H and O–H groups in total. The number of hydrogen-bond donors (Lipinski definition) is 1.